The number of halogens is 1. The van der Waals surface area contributed by atoms with Gasteiger partial charge in [-0.1, -0.05) is 26.3 Å². The second-order valence-electron chi connectivity index (χ2n) is 8.84. The number of carbonyl (C=O) groups is 3. The van der Waals surface area contributed by atoms with Crippen molar-refractivity contribution < 1.29 is 37.7 Å². The van der Waals surface area contributed by atoms with Gasteiger partial charge < -0.3 is 24.3 Å². The van der Waals surface area contributed by atoms with E-state index in [-0.39, 0.29) is 34.8 Å². The third-order valence-corrected chi connectivity index (χ3v) is 6.13. The van der Waals surface area contributed by atoms with Crippen molar-refractivity contribution in [3.05, 3.63) is 53.1 Å². The van der Waals surface area contributed by atoms with Crippen molar-refractivity contribution in [2.75, 3.05) is 13.9 Å². The number of aromatic nitrogens is 1. The number of aryl methyl sites for hydroxylation is 1. The highest BCUT2D eigenvalue weighted by molar-refractivity contribution is 5.98. The second kappa shape index (κ2) is 13.6. The van der Waals surface area contributed by atoms with Crippen LogP contribution in [0, 0.1) is 18.7 Å². The number of nitrogens with zero attached hydrogens (tertiary/aromatic N) is 1. The maximum atomic E-state index is 13.7. The number of rotatable bonds is 12. The highest BCUT2D eigenvalue weighted by Crippen LogP contribution is 2.34. The van der Waals surface area contributed by atoms with Crippen LogP contribution in [0.2, 0.25) is 0 Å². The Bertz CT molecular complexity index is 1110. The van der Waals surface area contributed by atoms with Gasteiger partial charge in [0, 0.05) is 25.1 Å². The van der Waals surface area contributed by atoms with Crippen molar-refractivity contribution >= 4 is 17.8 Å². The Balaban J connectivity index is 2.16. The van der Waals surface area contributed by atoms with E-state index < -0.39 is 36.8 Å². The van der Waals surface area contributed by atoms with E-state index in [1.165, 1.54) is 45.4 Å². The molecule has 0 aliphatic carbocycles. The number of amides is 1. The molecular weight excluding hydrogens is 483 g/mol. The summed E-state index contributed by atoms with van der Waals surface area (Å²) < 4.78 is 34.8. The largest absolute Gasteiger partial charge is 0.493 e. The molecular formula is C27H35FN2O7. The first-order chi connectivity index (χ1) is 17.5. The Morgan fingerprint density at radius 3 is 2.43 bits per heavy atom. The lowest BCUT2D eigenvalue weighted by atomic mass is 9.80. The van der Waals surface area contributed by atoms with E-state index in [4.69, 9.17) is 18.9 Å². The van der Waals surface area contributed by atoms with Crippen molar-refractivity contribution in [1.29, 1.82) is 0 Å². The van der Waals surface area contributed by atoms with Crippen LogP contribution in [-0.4, -0.2) is 48.9 Å². The molecule has 0 saturated carbocycles. The lowest BCUT2D eigenvalue weighted by molar-refractivity contribution is -0.152. The normalized spacial score (nSPS) is 14.1. The van der Waals surface area contributed by atoms with Gasteiger partial charge in [-0.3, -0.25) is 9.59 Å². The fraction of sp³-hybridized carbons (Fsp3) is 0.481. The number of nitrogens with one attached hydrogen (secondary N) is 1. The number of hydrogen-bond donors (Lipinski definition) is 1. The van der Waals surface area contributed by atoms with Gasteiger partial charge in [0.05, 0.1) is 7.11 Å². The van der Waals surface area contributed by atoms with Crippen molar-refractivity contribution in [2.45, 2.75) is 66.0 Å². The number of pyridine rings is 1. The molecule has 10 heteroatoms. The van der Waals surface area contributed by atoms with Gasteiger partial charge >= 0.3 is 11.9 Å². The predicted octanol–water partition coefficient (Wildman–Crippen LogP) is 4.32. The summed E-state index contributed by atoms with van der Waals surface area (Å²) >= 11 is 0. The Morgan fingerprint density at radius 1 is 1.14 bits per heavy atom. The Labute approximate surface area is 216 Å². The standard InChI is InChI=1S/C27H35FN2O7/c1-8-15(2)23(21-10-9-20(28)13-16(21)3)18(5)37-27(33)17(4)30-26(32)24-25(36-14-35-19(6)31)22(34-7)11-12-29-24/h9-13,15,17-18,23H,8,14H2,1-7H3,(H,30,32)/t15?,17-,18-,23+/m0/s1. The van der Waals surface area contributed by atoms with E-state index in [0.29, 0.717) is 0 Å². The van der Waals surface area contributed by atoms with Crippen LogP contribution >= 0.6 is 0 Å². The summed E-state index contributed by atoms with van der Waals surface area (Å²) in [5.41, 5.74) is 1.53. The minimum Gasteiger partial charge on any atom is -0.493 e. The van der Waals surface area contributed by atoms with Gasteiger partial charge in [0.2, 0.25) is 6.79 Å². The third kappa shape index (κ3) is 7.90. The number of esters is 2. The lowest BCUT2D eigenvalue weighted by Gasteiger charge is -2.31. The quantitative estimate of drug-likeness (QED) is 0.327. The summed E-state index contributed by atoms with van der Waals surface area (Å²) in [6, 6.07) is 5.05. The fourth-order valence-corrected chi connectivity index (χ4v) is 4.04. The Morgan fingerprint density at radius 2 is 1.84 bits per heavy atom. The highest BCUT2D eigenvalue weighted by Gasteiger charge is 2.31. The molecule has 0 aliphatic heterocycles. The zero-order valence-electron chi connectivity index (χ0n) is 22.3. The molecule has 1 amide bonds. The second-order valence-corrected chi connectivity index (χ2v) is 8.84. The average Bonchev–Trinajstić information content (AvgIpc) is 2.84. The number of benzene rings is 1. The van der Waals surface area contributed by atoms with E-state index in [1.54, 1.807) is 13.0 Å². The first-order valence-electron chi connectivity index (χ1n) is 12.1. The number of carbonyl (C=O) groups excluding carboxylic acids is 3. The summed E-state index contributed by atoms with van der Waals surface area (Å²) in [7, 11) is 1.38. The molecule has 1 heterocycles. The number of methoxy groups -OCH3 is 1. The molecule has 1 unspecified atom stereocenters. The van der Waals surface area contributed by atoms with E-state index in [0.717, 1.165) is 17.5 Å². The molecule has 0 aliphatic rings. The van der Waals surface area contributed by atoms with Crippen molar-refractivity contribution in [3.63, 3.8) is 0 Å². The molecule has 37 heavy (non-hydrogen) atoms. The summed E-state index contributed by atoms with van der Waals surface area (Å²) in [6.45, 7) is 9.96. The summed E-state index contributed by atoms with van der Waals surface area (Å²) in [4.78, 5) is 41.0. The van der Waals surface area contributed by atoms with E-state index >= 15 is 0 Å². The summed E-state index contributed by atoms with van der Waals surface area (Å²) in [5.74, 6) is -2.10. The molecule has 1 aromatic heterocycles. The molecule has 2 aromatic rings. The van der Waals surface area contributed by atoms with Gasteiger partial charge in [0.1, 0.15) is 18.0 Å². The maximum Gasteiger partial charge on any atom is 0.328 e. The minimum atomic E-state index is -1.02. The average molecular weight is 519 g/mol. The highest BCUT2D eigenvalue weighted by atomic mass is 19.1. The van der Waals surface area contributed by atoms with Gasteiger partial charge in [-0.15, -0.1) is 0 Å². The molecule has 2 rings (SSSR count). The summed E-state index contributed by atoms with van der Waals surface area (Å²) in [5, 5.41) is 2.56. The molecule has 4 atom stereocenters. The zero-order chi connectivity index (χ0) is 27.7. The van der Waals surface area contributed by atoms with Crippen LogP contribution in [0.4, 0.5) is 4.39 Å². The monoisotopic (exact) mass is 518 g/mol. The molecule has 9 nitrogen and oxygen atoms in total. The van der Waals surface area contributed by atoms with Crippen LogP contribution < -0.4 is 14.8 Å². The van der Waals surface area contributed by atoms with Crippen LogP contribution in [0.5, 0.6) is 11.5 Å². The van der Waals surface area contributed by atoms with Crippen LogP contribution in [0.3, 0.4) is 0 Å². The molecule has 0 bridgehead atoms. The number of hydrogen-bond acceptors (Lipinski definition) is 8. The molecule has 0 saturated heterocycles. The van der Waals surface area contributed by atoms with E-state index in [9.17, 15) is 18.8 Å². The maximum absolute atomic E-state index is 13.7. The van der Waals surface area contributed by atoms with Gasteiger partial charge in [-0.05, 0) is 49.9 Å². The van der Waals surface area contributed by atoms with Crippen LogP contribution in [0.15, 0.2) is 30.5 Å². The Kier molecular flexibility index (Phi) is 10.8. The van der Waals surface area contributed by atoms with Crippen molar-refractivity contribution in [1.82, 2.24) is 10.3 Å². The lowest BCUT2D eigenvalue weighted by Crippen LogP contribution is -2.42. The number of ether oxygens (including phenoxy) is 4. The van der Waals surface area contributed by atoms with Crippen molar-refractivity contribution in [2.24, 2.45) is 5.92 Å². The molecule has 1 N–H and O–H groups in total. The third-order valence-electron chi connectivity index (χ3n) is 6.13. The first kappa shape index (κ1) is 29.5. The zero-order valence-corrected chi connectivity index (χ0v) is 22.3. The molecule has 0 fully saturated rings. The fourth-order valence-electron chi connectivity index (χ4n) is 4.04. The predicted molar refractivity (Wildman–Crippen MR) is 134 cm³/mol. The molecule has 1 aromatic carbocycles. The SMILES string of the molecule is CCC(C)[C@@H](c1ccc(F)cc1C)[C@H](C)OC(=O)[C@H](C)NC(=O)c1nccc(OC)c1OCOC(C)=O. The first-order valence-corrected chi connectivity index (χ1v) is 12.1. The topological polar surface area (TPSA) is 113 Å². The molecule has 0 spiro atoms. The van der Waals surface area contributed by atoms with Gasteiger partial charge in [-0.2, -0.15) is 0 Å². The van der Waals surface area contributed by atoms with Crippen LogP contribution in [-0.2, 0) is 19.1 Å². The smallest absolute Gasteiger partial charge is 0.328 e. The van der Waals surface area contributed by atoms with E-state index in [1.807, 2.05) is 13.8 Å². The van der Waals surface area contributed by atoms with Gasteiger partial charge in [0.15, 0.2) is 17.2 Å². The molecule has 0 radical (unpaired) electrons. The summed E-state index contributed by atoms with van der Waals surface area (Å²) in [6.07, 6.45) is 1.63. The molecule has 202 valence electrons. The minimum absolute atomic E-state index is 0.0405. The van der Waals surface area contributed by atoms with Gasteiger partial charge in [0.25, 0.3) is 5.91 Å². The van der Waals surface area contributed by atoms with Crippen molar-refractivity contribution in [3.8, 4) is 11.5 Å². The van der Waals surface area contributed by atoms with E-state index in [2.05, 4.69) is 17.2 Å². The Hall–Kier alpha value is -3.69. The van der Waals surface area contributed by atoms with Crippen LogP contribution in [0.25, 0.3) is 0 Å². The van der Waals surface area contributed by atoms with Crippen LogP contribution in [0.1, 0.15) is 68.6 Å². The van der Waals surface area contributed by atoms with Gasteiger partial charge in [-0.25, -0.2) is 14.2 Å².